The maximum atomic E-state index is 5.97. The standard InChI is InChI=1S/C16H19BrN2O2/c1-19(2)13-5-6-14(18)16(9-13)21-10-11-8-12(17)4-7-15(11)20-3/h4-9H,10,18H2,1-3H3. The van der Waals surface area contributed by atoms with Gasteiger partial charge in [-0.2, -0.15) is 0 Å². The van der Waals surface area contributed by atoms with Crippen LogP contribution in [0.3, 0.4) is 0 Å². The van der Waals surface area contributed by atoms with E-state index in [4.69, 9.17) is 15.2 Å². The normalized spacial score (nSPS) is 10.3. The van der Waals surface area contributed by atoms with Crippen LogP contribution in [0.1, 0.15) is 5.56 Å². The van der Waals surface area contributed by atoms with Crippen LogP contribution in [0.4, 0.5) is 11.4 Å². The van der Waals surface area contributed by atoms with Crippen molar-refractivity contribution in [3.63, 3.8) is 0 Å². The molecular weight excluding hydrogens is 332 g/mol. The first-order chi connectivity index (χ1) is 10.0. The Hall–Kier alpha value is -1.88. The first-order valence-electron chi connectivity index (χ1n) is 6.53. The summed E-state index contributed by atoms with van der Waals surface area (Å²) in [6, 6.07) is 11.6. The van der Waals surface area contributed by atoms with E-state index in [1.54, 1.807) is 7.11 Å². The van der Waals surface area contributed by atoms with E-state index >= 15 is 0 Å². The molecule has 21 heavy (non-hydrogen) atoms. The van der Waals surface area contributed by atoms with Crippen molar-refractivity contribution in [2.45, 2.75) is 6.61 Å². The molecule has 4 nitrogen and oxygen atoms in total. The predicted molar refractivity (Wildman–Crippen MR) is 90.2 cm³/mol. The minimum absolute atomic E-state index is 0.393. The molecule has 0 fully saturated rings. The van der Waals surface area contributed by atoms with Crippen LogP contribution in [-0.2, 0) is 6.61 Å². The van der Waals surface area contributed by atoms with Gasteiger partial charge >= 0.3 is 0 Å². The molecule has 0 unspecified atom stereocenters. The highest BCUT2D eigenvalue weighted by molar-refractivity contribution is 9.10. The summed E-state index contributed by atoms with van der Waals surface area (Å²) >= 11 is 3.45. The molecule has 0 aliphatic carbocycles. The van der Waals surface area contributed by atoms with Gasteiger partial charge in [0.2, 0.25) is 0 Å². The Bertz CT molecular complexity index is 630. The number of hydrogen-bond donors (Lipinski definition) is 1. The van der Waals surface area contributed by atoms with Crippen molar-refractivity contribution in [3.8, 4) is 11.5 Å². The molecule has 0 radical (unpaired) electrons. The van der Waals surface area contributed by atoms with Crippen molar-refractivity contribution < 1.29 is 9.47 Å². The topological polar surface area (TPSA) is 47.7 Å². The highest BCUT2D eigenvalue weighted by Gasteiger charge is 2.08. The number of hydrogen-bond acceptors (Lipinski definition) is 4. The fourth-order valence-corrected chi connectivity index (χ4v) is 2.35. The number of nitrogen functional groups attached to an aromatic ring is 1. The minimum Gasteiger partial charge on any atom is -0.496 e. The van der Waals surface area contributed by atoms with Crippen LogP contribution in [0, 0.1) is 0 Å². The third-order valence-corrected chi connectivity index (χ3v) is 3.63. The summed E-state index contributed by atoms with van der Waals surface area (Å²) in [5.74, 6) is 1.46. The van der Waals surface area contributed by atoms with Gasteiger partial charge in [-0.15, -0.1) is 0 Å². The van der Waals surface area contributed by atoms with Crippen molar-refractivity contribution in [2.24, 2.45) is 0 Å². The molecule has 0 bridgehead atoms. The Morgan fingerprint density at radius 1 is 1.10 bits per heavy atom. The molecule has 2 N–H and O–H groups in total. The number of ether oxygens (including phenoxy) is 2. The van der Waals surface area contributed by atoms with Gasteiger partial charge in [0.1, 0.15) is 18.1 Å². The van der Waals surface area contributed by atoms with E-state index in [2.05, 4.69) is 15.9 Å². The van der Waals surface area contributed by atoms with Gasteiger partial charge in [-0.05, 0) is 30.3 Å². The second kappa shape index (κ2) is 6.72. The van der Waals surface area contributed by atoms with E-state index in [1.165, 1.54) is 0 Å². The predicted octanol–water partition coefficient (Wildman–Crippen LogP) is 3.68. The van der Waals surface area contributed by atoms with Gasteiger partial charge in [-0.1, -0.05) is 15.9 Å². The second-order valence-corrected chi connectivity index (χ2v) is 5.78. The Balaban J connectivity index is 2.20. The van der Waals surface area contributed by atoms with Crippen LogP contribution < -0.4 is 20.1 Å². The molecule has 2 aromatic rings. The van der Waals surface area contributed by atoms with Crippen LogP contribution >= 0.6 is 15.9 Å². The zero-order valence-corrected chi connectivity index (χ0v) is 14.0. The van der Waals surface area contributed by atoms with Crippen LogP contribution in [0.2, 0.25) is 0 Å². The number of rotatable bonds is 5. The first kappa shape index (κ1) is 15.5. The zero-order chi connectivity index (χ0) is 15.4. The minimum atomic E-state index is 0.393. The largest absolute Gasteiger partial charge is 0.496 e. The number of anilines is 2. The molecule has 0 heterocycles. The molecule has 0 amide bonds. The number of halogens is 1. The monoisotopic (exact) mass is 350 g/mol. The Morgan fingerprint density at radius 3 is 2.52 bits per heavy atom. The number of nitrogens with zero attached hydrogens (tertiary/aromatic N) is 1. The van der Waals surface area contributed by atoms with Crippen molar-refractivity contribution in [1.29, 1.82) is 0 Å². The molecular formula is C16H19BrN2O2. The molecule has 0 spiro atoms. The summed E-state index contributed by atoms with van der Waals surface area (Å²) in [6.07, 6.45) is 0. The van der Waals surface area contributed by atoms with Crippen LogP contribution in [0.25, 0.3) is 0 Å². The summed E-state index contributed by atoms with van der Waals surface area (Å²) < 4.78 is 12.2. The number of benzene rings is 2. The SMILES string of the molecule is COc1ccc(Br)cc1COc1cc(N(C)C)ccc1N. The smallest absolute Gasteiger partial charge is 0.144 e. The Morgan fingerprint density at radius 2 is 1.86 bits per heavy atom. The van der Waals surface area contributed by atoms with Gasteiger partial charge in [0, 0.05) is 35.9 Å². The maximum absolute atomic E-state index is 5.97. The second-order valence-electron chi connectivity index (χ2n) is 4.86. The summed E-state index contributed by atoms with van der Waals surface area (Å²) in [4.78, 5) is 2.01. The van der Waals surface area contributed by atoms with Gasteiger partial charge < -0.3 is 20.1 Å². The summed E-state index contributed by atoms with van der Waals surface area (Å²) in [6.45, 7) is 0.393. The lowest BCUT2D eigenvalue weighted by molar-refractivity contribution is 0.298. The van der Waals surface area contributed by atoms with E-state index in [-0.39, 0.29) is 0 Å². The van der Waals surface area contributed by atoms with E-state index in [0.29, 0.717) is 18.0 Å². The molecule has 5 heteroatoms. The Kier molecular flexibility index (Phi) is 4.96. The van der Waals surface area contributed by atoms with Gasteiger partial charge in [0.15, 0.2) is 0 Å². The first-order valence-corrected chi connectivity index (χ1v) is 7.32. The van der Waals surface area contributed by atoms with E-state index < -0.39 is 0 Å². The molecule has 2 rings (SSSR count). The van der Waals surface area contributed by atoms with Gasteiger partial charge in [0.25, 0.3) is 0 Å². The summed E-state index contributed by atoms with van der Waals surface area (Å²) in [5.41, 5.74) is 8.59. The lowest BCUT2D eigenvalue weighted by Crippen LogP contribution is -2.09. The molecule has 112 valence electrons. The highest BCUT2D eigenvalue weighted by atomic mass is 79.9. The molecule has 0 aromatic heterocycles. The average molecular weight is 351 g/mol. The number of methoxy groups -OCH3 is 1. The highest BCUT2D eigenvalue weighted by Crippen LogP contribution is 2.29. The van der Waals surface area contributed by atoms with E-state index in [1.807, 2.05) is 55.4 Å². The Labute approximate surface area is 133 Å². The third kappa shape index (κ3) is 3.82. The van der Waals surface area contributed by atoms with Crippen molar-refractivity contribution in [1.82, 2.24) is 0 Å². The van der Waals surface area contributed by atoms with Gasteiger partial charge in [-0.3, -0.25) is 0 Å². The molecule has 0 saturated heterocycles. The lowest BCUT2D eigenvalue weighted by Gasteiger charge is -2.16. The molecule has 2 aromatic carbocycles. The van der Waals surface area contributed by atoms with Gasteiger partial charge in [0.05, 0.1) is 12.8 Å². The van der Waals surface area contributed by atoms with Crippen molar-refractivity contribution in [3.05, 3.63) is 46.4 Å². The van der Waals surface area contributed by atoms with E-state index in [0.717, 1.165) is 21.5 Å². The fourth-order valence-electron chi connectivity index (χ4n) is 1.94. The third-order valence-electron chi connectivity index (χ3n) is 3.14. The van der Waals surface area contributed by atoms with Crippen LogP contribution in [-0.4, -0.2) is 21.2 Å². The average Bonchev–Trinajstić information content (AvgIpc) is 2.46. The van der Waals surface area contributed by atoms with Gasteiger partial charge in [-0.25, -0.2) is 0 Å². The fraction of sp³-hybridized carbons (Fsp3) is 0.250. The van der Waals surface area contributed by atoms with Crippen molar-refractivity contribution >= 4 is 27.3 Å². The van der Waals surface area contributed by atoms with Crippen molar-refractivity contribution in [2.75, 3.05) is 31.8 Å². The molecule has 0 aliphatic heterocycles. The quantitative estimate of drug-likeness (QED) is 0.835. The van der Waals surface area contributed by atoms with Crippen LogP contribution in [0.5, 0.6) is 11.5 Å². The molecule has 0 aliphatic rings. The summed E-state index contributed by atoms with van der Waals surface area (Å²) in [7, 11) is 5.60. The van der Waals surface area contributed by atoms with E-state index in [9.17, 15) is 0 Å². The molecule has 0 atom stereocenters. The lowest BCUT2D eigenvalue weighted by atomic mass is 10.2. The number of nitrogens with two attached hydrogens (primary N) is 1. The zero-order valence-electron chi connectivity index (χ0n) is 12.4. The summed E-state index contributed by atoms with van der Waals surface area (Å²) in [5, 5.41) is 0. The maximum Gasteiger partial charge on any atom is 0.144 e. The van der Waals surface area contributed by atoms with Crippen LogP contribution in [0.15, 0.2) is 40.9 Å². The molecule has 0 saturated carbocycles.